The SMILES string of the molecule is CCNC(=NCc1ccc(Cl)cc1)NCC1CC(=O)N(CCc2ccccc2)C1.I. The molecule has 1 amide bonds. The Labute approximate surface area is 201 Å². The van der Waals surface area contributed by atoms with Gasteiger partial charge >= 0.3 is 0 Å². The van der Waals surface area contributed by atoms with Crippen LogP contribution in [-0.2, 0) is 17.8 Å². The van der Waals surface area contributed by atoms with Gasteiger partial charge in [-0.1, -0.05) is 54.1 Å². The largest absolute Gasteiger partial charge is 0.357 e. The molecule has 0 bridgehead atoms. The first-order valence-electron chi connectivity index (χ1n) is 10.2. The second-order valence-electron chi connectivity index (χ2n) is 7.35. The second-order valence-corrected chi connectivity index (χ2v) is 7.78. The number of amides is 1. The Morgan fingerprint density at radius 3 is 2.53 bits per heavy atom. The maximum atomic E-state index is 12.4. The molecule has 1 aliphatic rings. The predicted molar refractivity (Wildman–Crippen MR) is 135 cm³/mol. The Balaban J connectivity index is 0.00000320. The van der Waals surface area contributed by atoms with Gasteiger partial charge in [-0.25, -0.2) is 4.99 Å². The second kappa shape index (κ2) is 12.8. The molecule has 7 heteroatoms. The van der Waals surface area contributed by atoms with E-state index in [9.17, 15) is 4.79 Å². The lowest BCUT2D eigenvalue weighted by atomic mass is 10.1. The summed E-state index contributed by atoms with van der Waals surface area (Å²) in [6.45, 7) is 5.74. The number of nitrogens with one attached hydrogen (secondary N) is 2. The van der Waals surface area contributed by atoms with E-state index in [0.29, 0.717) is 18.9 Å². The molecule has 3 rings (SSSR count). The first-order chi connectivity index (χ1) is 14.1. The average molecular weight is 541 g/mol. The smallest absolute Gasteiger partial charge is 0.223 e. The number of rotatable bonds is 8. The summed E-state index contributed by atoms with van der Waals surface area (Å²) in [6.07, 6.45) is 1.50. The summed E-state index contributed by atoms with van der Waals surface area (Å²) in [5.74, 6) is 1.33. The van der Waals surface area contributed by atoms with Crippen LogP contribution in [-0.4, -0.2) is 42.9 Å². The number of hydrogen-bond donors (Lipinski definition) is 2. The molecule has 2 aromatic rings. The maximum Gasteiger partial charge on any atom is 0.223 e. The molecule has 162 valence electrons. The average Bonchev–Trinajstić information content (AvgIpc) is 3.10. The summed E-state index contributed by atoms with van der Waals surface area (Å²) in [4.78, 5) is 19.0. The molecule has 2 N–H and O–H groups in total. The zero-order chi connectivity index (χ0) is 20.5. The molecular formula is C23H30ClIN4O. The Hall–Kier alpha value is -1.80. The number of benzene rings is 2. The van der Waals surface area contributed by atoms with Gasteiger partial charge in [-0.3, -0.25) is 4.79 Å². The van der Waals surface area contributed by atoms with Crippen molar-refractivity contribution in [1.29, 1.82) is 0 Å². The van der Waals surface area contributed by atoms with Crippen molar-refractivity contribution in [3.63, 3.8) is 0 Å². The van der Waals surface area contributed by atoms with Gasteiger partial charge in [0.2, 0.25) is 5.91 Å². The first-order valence-corrected chi connectivity index (χ1v) is 10.6. The van der Waals surface area contributed by atoms with Crippen molar-refractivity contribution in [2.24, 2.45) is 10.9 Å². The van der Waals surface area contributed by atoms with Crippen LogP contribution in [0, 0.1) is 5.92 Å². The third-order valence-electron chi connectivity index (χ3n) is 5.04. The van der Waals surface area contributed by atoms with Crippen LogP contribution in [0.2, 0.25) is 5.02 Å². The molecule has 1 atom stereocenters. The van der Waals surface area contributed by atoms with Crippen LogP contribution in [0.5, 0.6) is 0 Å². The third kappa shape index (κ3) is 7.80. The summed E-state index contributed by atoms with van der Waals surface area (Å²) in [5.41, 5.74) is 2.38. The van der Waals surface area contributed by atoms with Crippen molar-refractivity contribution in [1.82, 2.24) is 15.5 Å². The van der Waals surface area contributed by atoms with Crippen molar-refractivity contribution in [3.8, 4) is 0 Å². The minimum atomic E-state index is 0. The molecule has 0 saturated carbocycles. The van der Waals surface area contributed by atoms with Gasteiger partial charge in [-0.15, -0.1) is 24.0 Å². The lowest BCUT2D eigenvalue weighted by Gasteiger charge is -2.18. The zero-order valence-corrected chi connectivity index (χ0v) is 20.4. The van der Waals surface area contributed by atoms with E-state index in [4.69, 9.17) is 11.6 Å². The monoisotopic (exact) mass is 540 g/mol. The normalized spacial score (nSPS) is 16.3. The van der Waals surface area contributed by atoms with Gasteiger partial charge in [-0.05, 0) is 36.6 Å². The quantitative estimate of drug-likeness (QED) is 0.301. The van der Waals surface area contributed by atoms with Crippen LogP contribution in [0.4, 0.5) is 0 Å². The Morgan fingerprint density at radius 2 is 1.83 bits per heavy atom. The van der Waals surface area contributed by atoms with E-state index in [0.717, 1.165) is 49.1 Å². The highest BCUT2D eigenvalue weighted by Gasteiger charge is 2.29. The van der Waals surface area contributed by atoms with Gasteiger partial charge in [0.1, 0.15) is 0 Å². The molecule has 1 unspecified atom stereocenters. The summed E-state index contributed by atoms with van der Waals surface area (Å²) in [7, 11) is 0. The molecule has 30 heavy (non-hydrogen) atoms. The van der Waals surface area contributed by atoms with Crippen LogP contribution in [0.1, 0.15) is 24.5 Å². The highest BCUT2D eigenvalue weighted by molar-refractivity contribution is 14.0. The van der Waals surface area contributed by atoms with Crippen LogP contribution < -0.4 is 10.6 Å². The Kier molecular flexibility index (Phi) is 10.4. The maximum absolute atomic E-state index is 12.4. The van der Waals surface area contributed by atoms with Crippen molar-refractivity contribution in [2.45, 2.75) is 26.3 Å². The predicted octanol–water partition coefficient (Wildman–Crippen LogP) is 4.10. The number of carbonyl (C=O) groups is 1. The van der Waals surface area contributed by atoms with Gasteiger partial charge in [0.25, 0.3) is 0 Å². The van der Waals surface area contributed by atoms with Gasteiger partial charge in [0, 0.05) is 43.5 Å². The lowest BCUT2D eigenvalue weighted by molar-refractivity contribution is -0.127. The van der Waals surface area contributed by atoms with E-state index in [1.54, 1.807) is 0 Å². The standard InChI is InChI=1S/C23H29ClN4O.HI/c1-2-25-23(26-15-19-8-10-21(24)11-9-19)27-16-20-14-22(29)28(17-20)13-12-18-6-4-3-5-7-18;/h3-11,20H,2,12-17H2,1H3,(H2,25,26,27);1H. The van der Waals surface area contributed by atoms with Crippen molar-refractivity contribution in [3.05, 3.63) is 70.7 Å². The lowest BCUT2D eigenvalue weighted by Crippen LogP contribution is -2.40. The van der Waals surface area contributed by atoms with Gasteiger partial charge in [0.15, 0.2) is 5.96 Å². The van der Waals surface area contributed by atoms with Gasteiger partial charge in [-0.2, -0.15) is 0 Å². The molecule has 2 aromatic carbocycles. The van der Waals surface area contributed by atoms with Crippen molar-refractivity contribution >= 4 is 47.4 Å². The Bertz CT molecular complexity index is 814. The van der Waals surface area contributed by atoms with Crippen LogP contribution in [0.3, 0.4) is 0 Å². The minimum Gasteiger partial charge on any atom is -0.357 e. The molecule has 1 heterocycles. The minimum absolute atomic E-state index is 0. The molecule has 1 saturated heterocycles. The summed E-state index contributed by atoms with van der Waals surface area (Å²) in [6, 6.07) is 18.0. The summed E-state index contributed by atoms with van der Waals surface area (Å²) >= 11 is 5.94. The van der Waals surface area contributed by atoms with E-state index in [1.165, 1.54) is 5.56 Å². The fraction of sp³-hybridized carbons (Fsp3) is 0.391. The molecule has 1 fully saturated rings. The van der Waals surface area contributed by atoms with Crippen LogP contribution in [0.15, 0.2) is 59.6 Å². The number of hydrogen-bond acceptors (Lipinski definition) is 2. The van der Waals surface area contributed by atoms with E-state index < -0.39 is 0 Å². The molecular weight excluding hydrogens is 511 g/mol. The zero-order valence-electron chi connectivity index (χ0n) is 17.3. The molecule has 0 aromatic heterocycles. The number of nitrogens with zero attached hydrogens (tertiary/aromatic N) is 2. The van der Waals surface area contributed by atoms with Crippen LogP contribution >= 0.6 is 35.6 Å². The van der Waals surface area contributed by atoms with E-state index in [1.807, 2.05) is 54.3 Å². The van der Waals surface area contributed by atoms with Crippen molar-refractivity contribution in [2.75, 3.05) is 26.2 Å². The topological polar surface area (TPSA) is 56.7 Å². The van der Waals surface area contributed by atoms with Crippen LogP contribution in [0.25, 0.3) is 0 Å². The number of carbonyl (C=O) groups excluding carboxylic acids is 1. The summed E-state index contributed by atoms with van der Waals surface area (Å²) < 4.78 is 0. The molecule has 0 radical (unpaired) electrons. The third-order valence-corrected chi connectivity index (χ3v) is 5.30. The first kappa shape index (κ1) is 24.5. The molecule has 1 aliphatic heterocycles. The fourth-order valence-corrected chi connectivity index (χ4v) is 3.58. The van der Waals surface area contributed by atoms with E-state index >= 15 is 0 Å². The number of aliphatic imine (C=N–C) groups is 1. The van der Waals surface area contributed by atoms with Crippen molar-refractivity contribution < 1.29 is 4.79 Å². The van der Waals surface area contributed by atoms with Gasteiger partial charge in [0.05, 0.1) is 6.54 Å². The molecule has 0 spiro atoms. The highest BCUT2D eigenvalue weighted by Crippen LogP contribution is 2.17. The highest BCUT2D eigenvalue weighted by atomic mass is 127. The number of guanidine groups is 1. The van der Waals surface area contributed by atoms with E-state index in [-0.39, 0.29) is 29.9 Å². The van der Waals surface area contributed by atoms with E-state index in [2.05, 4.69) is 27.8 Å². The van der Waals surface area contributed by atoms with Gasteiger partial charge < -0.3 is 15.5 Å². The summed E-state index contributed by atoms with van der Waals surface area (Å²) in [5, 5.41) is 7.39. The molecule has 0 aliphatic carbocycles. The number of halogens is 2. The Morgan fingerprint density at radius 1 is 1.10 bits per heavy atom. The fourth-order valence-electron chi connectivity index (χ4n) is 3.46. The molecule has 5 nitrogen and oxygen atoms in total. The number of likely N-dealkylation sites (tertiary alicyclic amines) is 1.